The summed E-state index contributed by atoms with van der Waals surface area (Å²) in [5, 5.41) is 7.31. The maximum absolute atomic E-state index is 10.7. The molecule has 0 aliphatic rings. The van der Waals surface area contributed by atoms with Crippen LogP contribution in [0.2, 0.25) is 5.02 Å². The fourth-order valence-corrected chi connectivity index (χ4v) is 0.761. The van der Waals surface area contributed by atoms with Crippen LogP contribution in [0.15, 0.2) is 6.20 Å². The largest absolute Gasteiger partial charge is 0.452 e. The van der Waals surface area contributed by atoms with Gasteiger partial charge in [0.15, 0.2) is 5.82 Å². The lowest BCUT2D eigenvalue weighted by Crippen LogP contribution is -2.29. The van der Waals surface area contributed by atoms with E-state index in [4.69, 9.17) is 17.3 Å². The first-order chi connectivity index (χ1) is 6.65. The van der Waals surface area contributed by atoms with Crippen molar-refractivity contribution >= 4 is 29.2 Å². The number of nitrogens with two attached hydrogens (primary N) is 1. The minimum Gasteiger partial charge on any atom is -0.452 e. The summed E-state index contributed by atoms with van der Waals surface area (Å²) in [6.45, 7) is 0. The van der Waals surface area contributed by atoms with Gasteiger partial charge in [0.25, 0.3) is 0 Å². The maximum atomic E-state index is 10.7. The molecule has 0 atom stereocenters. The van der Waals surface area contributed by atoms with E-state index < -0.39 is 6.09 Å². The topological polar surface area (TPSA) is 102 Å². The minimum atomic E-state index is -0.676. The average Bonchev–Trinajstić information content (AvgIpc) is 2.20. The highest BCUT2D eigenvalue weighted by Gasteiger charge is 2.06. The van der Waals surface area contributed by atoms with E-state index >= 15 is 0 Å². The number of carbonyl (C=O) groups is 1. The molecule has 0 saturated carbocycles. The van der Waals surface area contributed by atoms with Gasteiger partial charge in [-0.05, 0) is 0 Å². The van der Waals surface area contributed by atoms with Crippen LogP contribution >= 0.6 is 11.6 Å². The van der Waals surface area contributed by atoms with Gasteiger partial charge in [-0.1, -0.05) is 11.6 Å². The third-order valence-electron chi connectivity index (χ3n) is 1.28. The smallest absolute Gasteiger partial charge is 0.425 e. The Labute approximate surface area is 84.6 Å². The van der Waals surface area contributed by atoms with Gasteiger partial charge in [-0.3, -0.25) is 5.43 Å². The van der Waals surface area contributed by atoms with Crippen LogP contribution in [0.25, 0.3) is 0 Å². The zero-order valence-electron chi connectivity index (χ0n) is 7.24. The maximum Gasteiger partial charge on any atom is 0.425 e. The number of nitrogens with zero attached hydrogens (tertiary/aromatic N) is 2. The summed E-state index contributed by atoms with van der Waals surface area (Å²) in [5.41, 5.74) is 10.3. The molecule has 1 aromatic heterocycles. The summed E-state index contributed by atoms with van der Waals surface area (Å²) in [7, 11) is 1.23. The highest BCUT2D eigenvalue weighted by Crippen LogP contribution is 2.23. The van der Waals surface area contributed by atoms with E-state index in [-0.39, 0.29) is 16.5 Å². The van der Waals surface area contributed by atoms with Crippen molar-refractivity contribution in [3.63, 3.8) is 0 Å². The van der Waals surface area contributed by atoms with Crippen LogP contribution in [-0.2, 0) is 4.74 Å². The molecule has 0 aromatic carbocycles. The van der Waals surface area contributed by atoms with Gasteiger partial charge in [-0.25, -0.2) is 10.2 Å². The number of nitrogens with one attached hydrogen (secondary N) is 2. The first-order valence-electron chi connectivity index (χ1n) is 3.51. The van der Waals surface area contributed by atoms with Crippen LogP contribution in [0.4, 0.5) is 16.3 Å². The van der Waals surface area contributed by atoms with Gasteiger partial charge < -0.3 is 10.5 Å². The van der Waals surface area contributed by atoms with Gasteiger partial charge in [0.1, 0.15) is 5.02 Å². The Kier molecular flexibility index (Phi) is 3.29. The van der Waals surface area contributed by atoms with Gasteiger partial charge in [0.2, 0.25) is 0 Å². The molecule has 0 fully saturated rings. The zero-order chi connectivity index (χ0) is 10.6. The number of hydrogen-bond donors (Lipinski definition) is 3. The second-order valence-corrected chi connectivity index (χ2v) is 2.58. The number of aromatic nitrogens is 2. The number of hydrogen-bond acceptors (Lipinski definition) is 6. The third kappa shape index (κ3) is 2.36. The molecular weight excluding hydrogens is 210 g/mol. The van der Waals surface area contributed by atoms with Crippen molar-refractivity contribution in [2.24, 2.45) is 0 Å². The average molecular weight is 218 g/mol. The van der Waals surface area contributed by atoms with E-state index in [1.807, 2.05) is 0 Å². The first kappa shape index (κ1) is 10.3. The van der Waals surface area contributed by atoms with Crippen LogP contribution < -0.4 is 16.6 Å². The number of amides is 1. The Balaban J connectivity index is 2.68. The van der Waals surface area contributed by atoms with Crippen LogP contribution in [0.3, 0.4) is 0 Å². The molecule has 0 aliphatic carbocycles. The van der Waals surface area contributed by atoms with Crippen LogP contribution in [0.1, 0.15) is 0 Å². The normalized spacial score (nSPS) is 9.29. The van der Waals surface area contributed by atoms with E-state index in [0.29, 0.717) is 0 Å². The molecule has 0 spiro atoms. The van der Waals surface area contributed by atoms with Gasteiger partial charge in [0, 0.05) is 0 Å². The quantitative estimate of drug-likeness (QED) is 0.620. The first-order valence-corrected chi connectivity index (χ1v) is 3.89. The van der Waals surface area contributed by atoms with Crippen LogP contribution in [-0.4, -0.2) is 23.4 Å². The highest BCUT2D eigenvalue weighted by atomic mass is 35.5. The number of rotatable bonds is 2. The summed E-state index contributed by atoms with van der Waals surface area (Å²) in [6, 6.07) is 0. The van der Waals surface area contributed by atoms with Crippen molar-refractivity contribution in [3.05, 3.63) is 11.2 Å². The SMILES string of the molecule is COC(=O)NNc1nncc(N)c1Cl. The standard InChI is InChI=1S/C6H8ClN5O2/c1-14-6(13)12-11-5-4(7)3(8)2-9-10-5/h2H,1H3,(H,12,13)(H3,8,10,11). The molecule has 8 heteroatoms. The van der Waals surface area contributed by atoms with Crippen molar-refractivity contribution in [2.75, 3.05) is 18.3 Å². The van der Waals surface area contributed by atoms with Gasteiger partial charge in [-0.15, -0.1) is 5.10 Å². The fraction of sp³-hybridized carbons (Fsp3) is 0.167. The monoisotopic (exact) mass is 217 g/mol. The summed E-state index contributed by atoms with van der Waals surface area (Å²) in [6.07, 6.45) is 0.622. The second kappa shape index (κ2) is 4.47. The molecule has 0 radical (unpaired) electrons. The minimum absolute atomic E-state index is 0.150. The van der Waals surface area contributed by atoms with Crippen LogP contribution in [0.5, 0.6) is 0 Å². The predicted molar refractivity (Wildman–Crippen MR) is 50.6 cm³/mol. The molecule has 1 heterocycles. The number of hydrazine groups is 1. The summed E-state index contributed by atoms with van der Waals surface area (Å²) >= 11 is 5.74. The third-order valence-corrected chi connectivity index (χ3v) is 1.68. The molecule has 0 saturated heterocycles. The van der Waals surface area contributed by atoms with Gasteiger partial charge in [0.05, 0.1) is 19.0 Å². The lowest BCUT2D eigenvalue weighted by Gasteiger charge is -2.07. The molecule has 1 aromatic rings. The van der Waals surface area contributed by atoms with Crippen molar-refractivity contribution in [1.82, 2.24) is 15.6 Å². The molecule has 0 unspecified atom stereocenters. The number of carbonyl (C=O) groups excluding carboxylic acids is 1. The Hall–Kier alpha value is -1.76. The molecule has 0 aliphatic heterocycles. The zero-order valence-corrected chi connectivity index (χ0v) is 8.00. The number of halogens is 1. The molecule has 1 amide bonds. The van der Waals surface area contributed by atoms with Crippen molar-refractivity contribution in [1.29, 1.82) is 0 Å². The fourth-order valence-electron chi connectivity index (χ4n) is 0.627. The molecule has 4 N–H and O–H groups in total. The molecule has 7 nitrogen and oxygen atoms in total. The van der Waals surface area contributed by atoms with Crippen molar-refractivity contribution < 1.29 is 9.53 Å². The molecular formula is C6H8ClN5O2. The summed E-state index contributed by atoms with van der Waals surface area (Å²) in [5.74, 6) is 0.150. The Morgan fingerprint density at radius 3 is 3.07 bits per heavy atom. The molecule has 14 heavy (non-hydrogen) atoms. The molecule has 76 valence electrons. The van der Waals surface area contributed by atoms with E-state index in [1.165, 1.54) is 13.3 Å². The van der Waals surface area contributed by atoms with E-state index in [0.717, 1.165) is 0 Å². The van der Waals surface area contributed by atoms with E-state index in [9.17, 15) is 4.79 Å². The number of nitrogen functional groups attached to an aromatic ring is 1. The Bertz CT molecular complexity index is 345. The predicted octanol–water partition coefficient (Wildman–Crippen LogP) is 0.395. The lowest BCUT2D eigenvalue weighted by molar-refractivity contribution is 0.173. The Morgan fingerprint density at radius 1 is 1.71 bits per heavy atom. The number of ether oxygens (including phenoxy) is 1. The van der Waals surface area contributed by atoms with Gasteiger partial charge in [-0.2, -0.15) is 5.10 Å². The van der Waals surface area contributed by atoms with E-state index in [2.05, 4.69) is 25.8 Å². The van der Waals surface area contributed by atoms with Crippen LogP contribution in [0, 0.1) is 0 Å². The van der Waals surface area contributed by atoms with Crippen molar-refractivity contribution in [2.45, 2.75) is 0 Å². The molecule has 0 bridgehead atoms. The van der Waals surface area contributed by atoms with Crippen molar-refractivity contribution in [3.8, 4) is 0 Å². The number of methoxy groups -OCH3 is 1. The highest BCUT2D eigenvalue weighted by molar-refractivity contribution is 6.35. The summed E-state index contributed by atoms with van der Waals surface area (Å²) in [4.78, 5) is 10.7. The lowest BCUT2D eigenvalue weighted by atomic mass is 10.5. The number of anilines is 2. The second-order valence-electron chi connectivity index (χ2n) is 2.20. The molecule has 1 rings (SSSR count). The van der Waals surface area contributed by atoms with Gasteiger partial charge >= 0.3 is 6.09 Å². The Morgan fingerprint density at radius 2 is 2.43 bits per heavy atom. The summed E-state index contributed by atoms with van der Waals surface area (Å²) < 4.78 is 4.31. The van der Waals surface area contributed by atoms with E-state index in [1.54, 1.807) is 0 Å².